The van der Waals surface area contributed by atoms with Crippen LogP contribution in [-0.4, -0.2) is 43.9 Å². The summed E-state index contributed by atoms with van der Waals surface area (Å²) in [5.74, 6) is 0. The first-order chi connectivity index (χ1) is 9.61. The number of nitrogens with one attached hydrogen (secondary N) is 1. The van der Waals surface area contributed by atoms with Crippen molar-refractivity contribution in [1.82, 2.24) is 14.6 Å². The number of aromatic nitrogens is 1. The second-order valence-electron chi connectivity index (χ2n) is 4.94. The van der Waals surface area contributed by atoms with Crippen LogP contribution in [0.25, 0.3) is 10.2 Å². The average Bonchev–Trinajstić information content (AvgIpc) is 2.92. The van der Waals surface area contributed by atoms with E-state index in [1.807, 2.05) is 31.3 Å². The van der Waals surface area contributed by atoms with Gasteiger partial charge in [0.15, 0.2) is 0 Å². The number of likely N-dealkylation sites (N-methyl/N-ethyl adjacent to an activating group) is 1. The minimum atomic E-state index is -3.47. The number of piperidine rings is 1. The van der Waals surface area contributed by atoms with Crippen LogP contribution in [0.15, 0.2) is 28.6 Å². The third-order valence-corrected chi connectivity index (χ3v) is 6.88. The molecule has 7 heteroatoms. The fraction of sp³-hybridized carbons (Fsp3) is 0.462. The summed E-state index contributed by atoms with van der Waals surface area (Å²) in [6.07, 6.45) is 1.90. The summed E-state index contributed by atoms with van der Waals surface area (Å²) in [6, 6.07) is 7.74. The number of rotatable bonds is 3. The molecule has 0 aliphatic carbocycles. The van der Waals surface area contributed by atoms with Crippen molar-refractivity contribution in [3.05, 3.63) is 24.3 Å². The number of para-hydroxylation sites is 1. The van der Waals surface area contributed by atoms with Crippen LogP contribution >= 0.6 is 11.3 Å². The van der Waals surface area contributed by atoms with Crippen LogP contribution in [-0.2, 0) is 10.0 Å². The Kier molecular flexibility index (Phi) is 3.76. The van der Waals surface area contributed by atoms with Crippen molar-refractivity contribution in [2.24, 2.45) is 0 Å². The van der Waals surface area contributed by atoms with E-state index in [9.17, 15) is 8.42 Å². The van der Waals surface area contributed by atoms with Gasteiger partial charge in [0.1, 0.15) is 0 Å². The monoisotopic (exact) mass is 311 g/mol. The molecule has 2 aromatic rings. The van der Waals surface area contributed by atoms with E-state index < -0.39 is 10.0 Å². The van der Waals surface area contributed by atoms with E-state index in [-0.39, 0.29) is 10.4 Å². The molecule has 1 saturated heterocycles. The molecule has 1 aromatic carbocycles. The molecule has 1 N–H and O–H groups in total. The highest BCUT2D eigenvalue weighted by molar-refractivity contribution is 7.91. The van der Waals surface area contributed by atoms with Gasteiger partial charge in [0, 0.05) is 19.1 Å². The van der Waals surface area contributed by atoms with Crippen LogP contribution in [0.4, 0.5) is 0 Å². The first-order valence-electron chi connectivity index (χ1n) is 6.64. The lowest BCUT2D eigenvalue weighted by atomic mass is 10.1. The lowest BCUT2D eigenvalue weighted by Gasteiger charge is -2.30. The number of thiazole rings is 1. The lowest BCUT2D eigenvalue weighted by Crippen LogP contribution is -2.46. The van der Waals surface area contributed by atoms with Gasteiger partial charge in [0.25, 0.3) is 10.0 Å². The van der Waals surface area contributed by atoms with Gasteiger partial charge in [0.05, 0.1) is 10.2 Å². The summed E-state index contributed by atoms with van der Waals surface area (Å²) in [5, 5.41) is 3.16. The maximum absolute atomic E-state index is 12.7. The van der Waals surface area contributed by atoms with Gasteiger partial charge >= 0.3 is 0 Å². The van der Waals surface area contributed by atoms with Gasteiger partial charge in [-0.15, -0.1) is 11.3 Å². The van der Waals surface area contributed by atoms with E-state index in [2.05, 4.69) is 10.3 Å². The molecule has 1 fully saturated rings. The molecule has 3 rings (SSSR count). The Morgan fingerprint density at radius 1 is 1.40 bits per heavy atom. The summed E-state index contributed by atoms with van der Waals surface area (Å²) < 4.78 is 28.0. The zero-order chi connectivity index (χ0) is 14.2. The van der Waals surface area contributed by atoms with Gasteiger partial charge in [-0.05, 0) is 32.0 Å². The Labute approximate surface area is 122 Å². The predicted octanol–water partition coefficient (Wildman–Crippen LogP) is 1.67. The van der Waals surface area contributed by atoms with E-state index in [4.69, 9.17) is 0 Å². The minimum Gasteiger partial charge on any atom is -0.316 e. The minimum absolute atomic E-state index is 0.204. The highest BCUT2D eigenvalue weighted by Crippen LogP contribution is 2.28. The number of sulfonamides is 1. The Bertz CT molecular complexity index is 678. The van der Waals surface area contributed by atoms with Crippen molar-refractivity contribution < 1.29 is 8.42 Å². The third-order valence-electron chi connectivity index (χ3n) is 3.63. The summed E-state index contributed by atoms with van der Waals surface area (Å²) in [5.41, 5.74) is 0.748. The molecule has 1 aromatic heterocycles. The number of benzene rings is 1. The fourth-order valence-electron chi connectivity index (χ4n) is 2.47. The molecule has 1 aliphatic rings. The lowest BCUT2D eigenvalue weighted by molar-refractivity contribution is 0.293. The standard InChI is InChI=1S/C13H17N3O2S2/c1-14-10-5-4-8-16(9-10)20(17,18)13-15-11-6-2-3-7-12(11)19-13/h2-3,6-7,10,14H,4-5,8-9H2,1H3. The van der Waals surface area contributed by atoms with Crippen molar-refractivity contribution >= 4 is 31.6 Å². The van der Waals surface area contributed by atoms with Gasteiger partial charge in [-0.1, -0.05) is 12.1 Å². The summed E-state index contributed by atoms with van der Waals surface area (Å²) >= 11 is 1.25. The van der Waals surface area contributed by atoms with Gasteiger partial charge in [-0.2, -0.15) is 4.31 Å². The molecule has 20 heavy (non-hydrogen) atoms. The maximum atomic E-state index is 12.7. The quantitative estimate of drug-likeness (QED) is 0.936. The summed E-state index contributed by atoms with van der Waals surface area (Å²) in [4.78, 5) is 4.28. The van der Waals surface area contributed by atoms with Gasteiger partial charge in [-0.25, -0.2) is 13.4 Å². The largest absolute Gasteiger partial charge is 0.316 e. The predicted molar refractivity (Wildman–Crippen MR) is 80.5 cm³/mol. The highest BCUT2D eigenvalue weighted by atomic mass is 32.2. The molecular weight excluding hydrogens is 294 g/mol. The maximum Gasteiger partial charge on any atom is 0.270 e. The molecule has 1 atom stereocenters. The second kappa shape index (κ2) is 5.40. The van der Waals surface area contributed by atoms with Crippen LogP contribution < -0.4 is 5.32 Å². The molecule has 1 unspecified atom stereocenters. The number of hydrogen-bond donors (Lipinski definition) is 1. The zero-order valence-corrected chi connectivity index (χ0v) is 12.9. The van der Waals surface area contributed by atoms with E-state index in [1.165, 1.54) is 11.3 Å². The fourth-order valence-corrected chi connectivity index (χ4v) is 5.35. The Hall–Kier alpha value is -1.02. The Morgan fingerprint density at radius 3 is 2.95 bits per heavy atom. The van der Waals surface area contributed by atoms with Crippen molar-refractivity contribution in [3.8, 4) is 0 Å². The van der Waals surface area contributed by atoms with Crippen LogP contribution in [0.5, 0.6) is 0 Å². The first kappa shape index (κ1) is 13.9. The van der Waals surface area contributed by atoms with Crippen molar-refractivity contribution in [2.75, 3.05) is 20.1 Å². The highest BCUT2D eigenvalue weighted by Gasteiger charge is 2.32. The van der Waals surface area contributed by atoms with E-state index in [1.54, 1.807) is 4.31 Å². The molecule has 1 aliphatic heterocycles. The summed E-state index contributed by atoms with van der Waals surface area (Å²) in [7, 11) is -1.59. The smallest absolute Gasteiger partial charge is 0.270 e. The van der Waals surface area contributed by atoms with Crippen LogP contribution in [0.3, 0.4) is 0 Å². The molecule has 0 amide bonds. The van der Waals surface area contributed by atoms with Crippen LogP contribution in [0.1, 0.15) is 12.8 Å². The summed E-state index contributed by atoms with van der Waals surface area (Å²) in [6.45, 7) is 1.10. The normalized spacial score (nSPS) is 21.4. The zero-order valence-electron chi connectivity index (χ0n) is 11.2. The van der Waals surface area contributed by atoms with Gasteiger partial charge in [-0.3, -0.25) is 0 Å². The number of nitrogens with zero attached hydrogens (tertiary/aromatic N) is 2. The first-order valence-corrected chi connectivity index (χ1v) is 8.90. The van der Waals surface area contributed by atoms with Crippen molar-refractivity contribution in [3.63, 3.8) is 0 Å². The molecule has 0 radical (unpaired) electrons. The Morgan fingerprint density at radius 2 is 2.20 bits per heavy atom. The van der Waals surface area contributed by atoms with Crippen molar-refractivity contribution in [1.29, 1.82) is 0 Å². The molecule has 5 nitrogen and oxygen atoms in total. The molecule has 0 spiro atoms. The average molecular weight is 311 g/mol. The molecular formula is C13H17N3O2S2. The number of fused-ring (bicyclic) bond motifs is 1. The van der Waals surface area contributed by atoms with Gasteiger partial charge in [0.2, 0.25) is 4.34 Å². The topological polar surface area (TPSA) is 62.3 Å². The molecule has 108 valence electrons. The SMILES string of the molecule is CNC1CCCN(S(=O)(=O)c2nc3ccccc3s2)C1. The molecule has 2 heterocycles. The van der Waals surface area contributed by atoms with E-state index in [0.717, 1.165) is 23.1 Å². The van der Waals surface area contributed by atoms with Crippen molar-refractivity contribution in [2.45, 2.75) is 23.2 Å². The molecule has 0 saturated carbocycles. The molecule has 0 bridgehead atoms. The van der Waals surface area contributed by atoms with Crippen LogP contribution in [0.2, 0.25) is 0 Å². The third kappa shape index (κ3) is 2.46. The Balaban J connectivity index is 1.94. The van der Waals surface area contributed by atoms with Gasteiger partial charge < -0.3 is 5.32 Å². The second-order valence-corrected chi connectivity index (χ2v) is 8.08. The van der Waals surface area contributed by atoms with Crippen LogP contribution in [0, 0.1) is 0 Å². The number of hydrogen-bond acceptors (Lipinski definition) is 5. The van der Waals surface area contributed by atoms with E-state index in [0.29, 0.717) is 13.1 Å². The van der Waals surface area contributed by atoms with E-state index >= 15 is 0 Å².